The molecule has 4 nitrogen and oxygen atoms in total. The van der Waals surface area contributed by atoms with Gasteiger partial charge in [-0.15, -0.1) is 0 Å². The third-order valence-corrected chi connectivity index (χ3v) is 3.10. The summed E-state index contributed by atoms with van der Waals surface area (Å²) >= 11 is 0. The van der Waals surface area contributed by atoms with Gasteiger partial charge >= 0.3 is 0 Å². The molecule has 1 aromatic rings. The zero-order valence-electron chi connectivity index (χ0n) is 12.8. The Morgan fingerprint density at radius 1 is 1.16 bits per heavy atom. The Labute approximate surface area is 117 Å². The second kappa shape index (κ2) is 8.73. The summed E-state index contributed by atoms with van der Waals surface area (Å²) in [4.78, 5) is 11.3. The van der Waals surface area contributed by atoms with Crippen LogP contribution in [0.2, 0.25) is 0 Å². The Hall–Kier alpha value is -1.32. The number of nitrogens with one attached hydrogen (secondary N) is 1. The fourth-order valence-electron chi connectivity index (χ4n) is 2.00. The standard InChI is InChI=1S/C15H28N4/c1-5-7-8-10-19(13(3)4)15-12-16-11-14(18-15)17-9-6-2/h11-13H,5-10H2,1-4H3,(H,17,18). The molecule has 108 valence electrons. The Balaban J connectivity index is 2.71. The van der Waals surface area contributed by atoms with Crippen LogP contribution in [0.15, 0.2) is 12.4 Å². The van der Waals surface area contributed by atoms with Crippen LogP contribution in [0.25, 0.3) is 0 Å². The van der Waals surface area contributed by atoms with Crippen LogP contribution in [-0.4, -0.2) is 29.1 Å². The van der Waals surface area contributed by atoms with Gasteiger partial charge in [-0.2, -0.15) is 0 Å². The van der Waals surface area contributed by atoms with Gasteiger partial charge in [-0.3, -0.25) is 4.98 Å². The number of hydrogen-bond donors (Lipinski definition) is 1. The van der Waals surface area contributed by atoms with Gasteiger partial charge < -0.3 is 10.2 Å². The number of hydrogen-bond acceptors (Lipinski definition) is 4. The smallest absolute Gasteiger partial charge is 0.149 e. The van der Waals surface area contributed by atoms with Gasteiger partial charge in [0.2, 0.25) is 0 Å². The lowest BCUT2D eigenvalue weighted by Crippen LogP contribution is -2.32. The van der Waals surface area contributed by atoms with E-state index in [4.69, 9.17) is 0 Å². The number of unbranched alkanes of at least 4 members (excludes halogenated alkanes) is 2. The van der Waals surface area contributed by atoms with Crippen molar-refractivity contribution in [1.82, 2.24) is 9.97 Å². The highest BCUT2D eigenvalue weighted by atomic mass is 15.2. The van der Waals surface area contributed by atoms with Gasteiger partial charge in [0.15, 0.2) is 0 Å². The molecule has 0 radical (unpaired) electrons. The quantitative estimate of drug-likeness (QED) is 0.690. The van der Waals surface area contributed by atoms with Crippen LogP contribution in [-0.2, 0) is 0 Å². The number of rotatable bonds is 9. The maximum atomic E-state index is 4.66. The number of nitrogens with zero attached hydrogens (tertiary/aromatic N) is 3. The summed E-state index contributed by atoms with van der Waals surface area (Å²) in [6.07, 6.45) is 8.48. The first-order valence-electron chi connectivity index (χ1n) is 7.51. The van der Waals surface area contributed by atoms with Crippen LogP contribution in [0.5, 0.6) is 0 Å². The minimum atomic E-state index is 0.451. The van der Waals surface area contributed by atoms with E-state index in [9.17, 15) is 0 Å². The normalized spacial score (nSPS) is 10.8. The molecule has 0 aliphatic heterocycles. The van der Waals surface area contributed by atoms with Crippen molar-refractivity contribution in [2.75, 3.05) is 23.3 Å². The highest BCUT2D eigenvalue weighted by Gasteiger charge is 2.12. The van der Waals surface area contributed by atoms with Gasteiger partial charge in [-0.1, -0.05) is 26.7 Å². The van der Waals surface area contributed by atoms with Gasteiger partial charge in [-0.25, -0.2) is 4.98 Å². The molecule has 0 saturated carbocycles. The first-order chi connectivity index (χ1) is 9.19. The van der Waals surface area contributed by atoms with Crippen LogP contribution in [0.4, 0.5) is 11.6 Å². The molecule has 1 N–H and O–H groups in total. The van der Waals surface area contributed by atoms with E-state index < -0.39 is 0 Å². The Bertz CT molecular complexity index is 352. The average Bonchev–Trinajstić information content (AvgIpc) is 2.41. The lowest BCUT2D eigenvalue weighted by Gasteiger charge is -2.27. The largest absolute Gasteiger partial charge is 0.369 e. The molecule has 0 bridgehead atoms. The van der Waals surface area contributed by atoms with Crippen LogP contribution in [0.3, 0.4) is 0 Å². The zero-order valence-corrected chi connectivity index (χ0v) is 12.8. The molecule has 0 saturated heterocycles. The summed E-state index contributed by atoms with van der Waals surface area (Å²) in [5.74, 6) is 1.85. The zero-order chi connectivity index (χ0) is 14.1. The summed E-state index contributed by atoms with van der Waals surface area (Å²) in [5.41, 5.74) is 0. The molecule has 4 heteroatoms. The molecule has 0 aromatic carbocycles. The van der Waals surface area contributed by atoms with E-state index in [-0.39, 0.29) is 0 Å². The van der Waals surface area contributed by atoms with Gasteiger partial charge in [0.25, 0.3) is 0 Å². The molecule has 1 aromatic heterocycles. The minimum absolute atomic E-state index is 0.451. The summed E-state index contributed by atoms with van der Waals surface area (Å²) < 4.78 is 0. The molecule has 0 aliphatic carbocycles. The fourth-order valence-corrected chi connectivity index (χ4v) is 2.00. The van der Waals surface area contributed by atoms with E-state index in [2.05, 4.69) is 47.9 Å². The van der Waals surface area contributed by atoms with Crippen molar-refractivity contribution in [3.8, 4) is 0 Å². The lowest BCUT2D eigenvalue weighted by molar-refractivity contribution is 0.619. The van der Waals surface area contributed by atoms with Crippen LogP contribution in [0, 0.1) is 0 Å². The molecule has 0 spiro atoms. The second-order valence-corrected chi connectivity index (χ2v) is 5.18. The summed E-state index contributed by atoms with van der Waals surface area (Å²) in [7, 11) is 0. The highest BCUT2D eigenvalue weighted by Crippen LogP contribution is 2.16. The highest BCUT2D eigenvalue weighted by molar-refractivity contribution is 5.44. The number of anilines is 2. The predicted molar refractivity (Wildman–Crippen MR) is 82.8 cm³/mol. The van der Waals surface area contributed by atoms with E-state index in [1.54, 1.807) is 6.20 Å². The van der Waals surface area contributed by atoms with Crippen LogP contribution >= 0.6 is 0 Å². The number of aromatic nitrogens is 2. The van der Waals surface area contributed by atoms with E-state index in [1.807, 2.05) is 6.20 Å². The third-order valence-electron chi connectivity index (χ3n) is 3.10. The van der Waals surface area contributed by atoms with Crippen molar-refractivity contribution >= 4 is 11.6 Å². The van der Waals surface area contributed by atoms with E-state index in [0.717, 1.165) is 31.1 Å². The van der Waals surface area contributed by atoms with Crippen molar-refractivity contribution in [2.24, 2.45) is 0 Å². The van der Waals surface area contributed by atoms with Crippen LogP contribution < -0.4 is 10.2 Å². The van der Waals surface area contributed by atoms with E-state index in [1.165, 1.54) is 19.3 Å². The lowest BCUT2D eigenvalue weighted by atomic mass is 10.2. The Kier molecular flexibility index (Phi) is 7.23. The maximum absolute atomic E-state index is 4.66. The Morgan fingerprint density at radius 3 is 2.58 bits per heavy atom. The SMILES string of the molecule is CCCCCN(c1cncc(NCCC)n1)C(C)C. The third kappa shape index (κ3) is 5.45. The second-order valence-electron chi connectivity index (χ2n) is 5.18. The van der Waals surface area contributed by atoms with Gasteiger partial charge in [-0.05, 0) is 26.7 Å². The van der Waals surface area contributed by atoms with Crippen molar-refractivity contribution in [3.05, 3.63) is 12.4 Å². The van der Waals surface area contributed by atoms with Crippen molar-refractivity contribution < 1.29 is 0 Å². The molecule has 0 atom stereocenters. The monoisotopic (exact) mass is 264 g/mol. The molecule has 1 heterocycles. The van der Waals surface area contributed by atoms with Gasteiger partial charge in [0, 0.05) is 19.1 Å². The fraction of sp³-hybridized carbons (Fsp3) is 0.733. The molecule has 0 fully saturated rings. The molecular formula is C15H28N4. The molecular weight excluding hydrogens is 236 g/mol. The molecule has 19 heavy (non-hydrogen) atoms. The molecule has 0 unspecified atom stereocenters. The first kappa shape index (κ1) is 15.7. The minimum Gasteiger partial charge on any atom is -0.369 e. The summed E-state index contributed by atoms with van der Waals surface area (Å²) in [5, 5.41) is 3.30. The molecule has 1 rings (SSSR count). The van der Waals surface area contributed by atoms with Crippen molar-refractivity contribution in [3.63, 3.8) is 0 Å². The van der Waals surface area contributed by atoms with Gasteiger partial charge in [0.05, 0.1) is 12.4 Å². The molecule has 0 aliphatic rings. The first-order valence-corrected chi connectivity index (χ1v) is 7.51. The summed E-state index contributed by atoms with van der Waals surface area (Å²) in [6, 6.07) is 0.451. The van der Waals surface area contributed by atoms with Crippen LogP contribution in [0.1, 0.15) is 53.4 Å². The maximum Gasteiger partial charge on any atom is 0.149 e. The summed E-state index contributed by atoms with van der Waals surface area (Å²) in [6.45, 7) is 10.8. The topological polar surface area (TPSA) is 41.1 Å². The van der Waals surface area contributed by atoms with E-state index in [0.29, 0.717) is 6.04 Å². The van der Waals surface area contributed by atoms with Gasteiger partial charge in [0.1, 0.15) is 11.6 Å². The van der Waals surface area contributed by atoms with E-state index >= 15 is 0 Å². The molecule has 0 amide bonds. The van der Waals surface area contributed by atoms with Crippen molar-refractivity contribution in [2.45, 2.75) is 59.4 Å². The Morgan fingerprint density at radius 2 is 1.95 bits per heavy atom. The average molecular weight is 264 g/mol. The van der Waals surface area contributed by atoms with Crippen molar-refractivity contribution in [1.29, 1.82) is 0 Å². The predicted octanol–water partition coefficient (Wildman–Crippen LogP) is 3.70.